The van der Waals surface area contributed by atoms with Gasteiger partial charge in [0.15, 0.2) is 11.5 Å². The van der Waals surface area contributed by atoms with Crippen LogP contribution in [0.15, 0.2) is 66.7 Å². The summed E-state index contributed by atoms with van der Waals surface area (Å²) in [6, 6.07) is 7.81. The van der Waals surface area contributed by atoms with Gasteiger partial charge in [-0.1, -0.05) is 26.0 Å². The van der Waals surface area contributed by atoms with Crippen molar-refractivity contribution in [1.82, 2.24) is 5.32 Å². The van der Waals surface area contributed by atoms with Crippen LogP contribution in [0.2, 0.25) is 0 Å². The van der Waals surface area contributed by atoms with Crippen molar-refractivity contribution in [3.63, 3.8) is 0 Å². The van der Waals surface area contributed by atoms with Crippen LogP contribution < -0.4 is 19.5 Å². The lowest BCUT2D eigenvalue weighted by molar-refractivity contribution is -0.143. The first-order chi connectivity index (χ1) is 27.7. The molecule has 3 N–H and O–H groups in total. The third-order valence-corrected chi connectivity index (χ3v) is 9.48. The molecule has 0 bridgehead atoms. The molecule has 0 unspecified atom stereocenters. The molecule has 328 valence electrons. The summed E-state index contributed by atoms with van der Waals surface area (Å²) in [5.74, 6) is -1.61. The van der Waals surface area contributed by atoms with E-state index in [4.69, 9.17) is 28.7 Å². The summed E-state index contributed by atoms with van der Waals surface area (Å²) in [4.78, 5) is 31.1. The van der Waals surface area contributed by atoms with Gasteiger partial charge in [0.25, 0.3) is 0 Å². The van der Waals surface area contributed by atoms with Gasteiger partial charge in [-0.3, -0.25) is 4.52 Å². The summed E-state index contributed by atoms with van der Waals surface area (Å²) in [5, 5.41) is 2.75. The van der Waals surface area contributed by atoms with Crippen LogP contribution >= 0.6 is 7.82 Å². The molecule has 0 aliphatic rings. The first-order valence-electron chi connectivity index (χ1n) is 17.6. The number of rotatable bonds is 15. The van der Waals surface area contributed by atoms with Gasteiger partial charge < -0.3 is 34.1 Å². The fourth-order valence-corrected chi connectivity index (χ4v) is 6.33. The predicted molar refractivity (Wildman–Crippen MR) is 195 cm³/mol. The molecule has 0 aliphatic heterocycles. The van der Waals surface area contributed by atoms with Gasteiger partial charge in [-0.05, 0) is 95.6 Å². The molecule has 21 heteroatoms. The second-order valence-electron chi connectivity index (χ2n) is 13.6. The van der Waals surface area contributed by atoms with Crippen molar-refractivity contribution in [3.05, 3.63) is 111 Å². The number of phosphoric acid groups is 1. The number of alkyl halides is 9. The van der Waals surface area contributed by atoms with Crippen molar-refractivity contribution in [1.29, 1.82) is 0 Å². The predicted octanol–water partition coefficient (Wildman–Crippen LogP) is 10.8. The molecule has 0 aromatic heterocycles. The average Bonchev–Trinajstić information content (AvgIpc) is 3.14. The molecule has 60 heavy (non-hydrogen) atoms. The molecule has 0 spiro atoms. The van der Waals surface area contributed by atoms with Crippen LogP contribution in [0, 0.1) is 5.82 Å². The number of hydrogen-bond acceptors (Lipinski definition) is 8. The zero-order chi connectivity index (χ0) is 45.0. The minimum absolute atomic E-state index is 0.0588. The van der Waals surface area contributed by atoms with Crippen LogP contribution in [0.4, 0.5) is 48.7 Å². The maximum Gasteiger partial charge on any atom is 0.514 e. The summed E-state index contributed by atoms with van der Waals surface area (Å²) < 4.78 is 177. The summed E-state index contributed by atoms with van der Waals surface area (Å²) >= 11 is 0. The Morgan fingerprint density at radius 2 is 1.33 bits per heavy atom. The topological polar surface area (TPSA) is 133 Å². The van der Waals surface area contributed by atoms with Gasteiger partial charge in [0.1, 0.15) is 17.7 Å². The number of carbonyl (C=O) groups is 1. The standard InChI is InChI=1S/C39H38F10NO9P/c1-20(2)29-17-30(33(55-4)18-31(29)40)28-8-7-25(37(41,42)43)15-24(28)19-50-21(3)35(23-13-26(38(44,45)46)16-27(14-23)39(47,48)49)59-36(51)58-32-9-6-22(12-34(32)56-5)10-11-57-60(52,53)54/h6-9,12-18,20-21,35,50H,10-11,19H2,1-5H3,(H2,52,53,54)/t21-,35-/m0/s1. The lowest BCUT2D eigenvalue weighted by atomic mass is 9.92. The highest BCUT2D eigenvalue weighted by Gasteiger charge is 2.39. The fraction of sp³-hybridized carbons (Fsp3) is 0.359. The lowest BCUT2D eigenvalue weighted by Gasteiger charge is -2.27. The van der Waals surface area contributed by atoms with E-state index in [0.717, 1.165) is 37.4 Å². The second kappa shape index (κ2) is 18.8. The Kier molecular flexibility index (Phi) is 15.0. The van der Waals surface area contributed by atoms with Crippen molar-refractivity contribution >= 4 is 14.0 Å². The molecule has 4 aromatic rings. The summed E-state index contributed by atoms with van der Waals surface area (Å²) in [5.41, 5.74) is -4.76. The maximum absolute atomic E-state index is 14.9. The van der Waals surface area contributed by atoms with E-state index in [1.165, 1.54) is 32.2 Å². The Labute approximate surface area is 336 Å². The van der Waals surface area contributed by atoms with Gasteiger partial charge in [-0.2, -0.15) is 39.5 Å². The van der Waals surface area contributed by atoms with Crippen molar-refractivity contribution < 1.29 is 86.5 Å². The van der Waals surface area contributed by atoms with Gasteiger partial charge in [0.05, 0.1) is 37.5 Å². The summed E-state index contributed by atoms with van der Waals surface area (Å²) in [6.45, 7) is 3.53. The van der Waals surface area contributed by atoms with Gasteiger partial charge in [0.2, 0.25) is 0 Å². The third kappa shape index (κ3) is 12.6. The van der Waals surface area contributed by atoms with E-state index in [1.807, 2.05) is 0 Å². The molecule has 2 atom stereocenters. The smallest absolute Gasteiger partial charge is 0.496 e. The Morgan fingerprint density at radius 3 is 1.87 bits per heavy atom. The minimum atomic E-state index is -5.32. The van der Waals surface area contributed by atoms with Crippen molar-refractivity contribution in [2.24, 2.45) is 0 Å². The molecular formula is C39H38F10NO9P. The van der Waals surface area contributed by atoms with Crippen molar-refractivity contribution in [3.8, 4) is 28.4 Å². The monoisotopic (exact) mass is 885 g/mol. The number of nitrogens with one attached hydrogen (secondary N) is 1. The molecule has 4 rings (SSSR count). The minimum Gasteiger partial charge on any atom is -0.496 e. The number of benzene rings is 4. The highest BCUT2D eigenvalue weighted by Crippen LogP contribution is 2.42. The molecule has 0 fully saturated rings. The number of hydrogen-bond donors (Lipinski definition) is 3. The van der Waals surface area contributed by atoms with E-state index in [9.17, 15) is 53.3 Å². The zero-order valence-corrected chi connectivity index (χ0v) is 33.1. The summed E-state index contributed by atoms with van der Waals surface area (Å²) in [6.07, 6.45) is -19.3. The first-order valence-corrected chi connectivity index (χ1v) is 19.1. The molecule has 0 radical (unpaired) electrons. The van der Waals surface area contributed by atoms with Gasteiger partial charge in [-0.25, -0.2) is 13.8 Å². The third-order valence-electron chi connectivity index (χ3n) is 8.97. The van der Waals surface area contributed by atoms with E-state index >= 15 is 0 Å². The van der Waals surface area contributed by atoms with Crippen LogP contribution in [0.25, 0.3) is 11.1 Å². The molecule has 0 saturated heterocycles. The molecule has 10 nitrogen and oxygen atoms in total. The Balaban J connectivity index is 1.77. The molecule has 0 aliphatic carbocycles. The van der Waals surface area contributed by atoms with Crippen molar-refractivity contribution in [2.75, 3.05) is 20.8 Å². The Hall–Kier alpha value is -4.88. The van der Waals surface area contributed by atoms with E-state index in [0.29, 0.717) is 17.7 Å². The van der Waals surface area contributed by atoms with Crippen LogP contribution in [0.1, 0.15) is 71.7 Å². The number of phosphoric ester groups is 1. The molecule has 4 aromatic carbocycles. The van der Waals surface area contributed by atoms with E-state index in [1.54, 1.807) is 13.8 Å². The maximum atomic E-state index is 14.9. The highest BCUT2D eigenvalue weighted by atomic mass is 31.2. The first kappa shape index (κ1) is 47.8. The molecular weight excluding hydrogens is 847 g/mol. The molecule has 0 heterocycles. The Bertz CT molecular complexity index is 2170. The van der Waals surface area contributed by atoms with E-state index in [2.05, 4.69) is 9.84 Å². The van der Waals surface area contributed by atoms with Crippen LogP contribution in [-0.4, -0.2) is 42.8 Å². The van der Waals surface area contributed by atoms with Crippen LogP contribution in [-0.2, 0) is 45.3 Å². The van der Waals surface area contributed by atoms with Gasteiger partial charge in [-0.15, -0.1) is 0 Å². The number of halogens is 10. The Morgan fingerprint density at radius 1 is 0.733 bits per heavy atom. The van der Waals surface area contributed by atoms with Gasteiger partial charge >= 0.3 is 32.5 Å². The SMILES string of the molecule is COc1cc(CCOP(=O)(O)O)ccc1OC(=O)O[C@H](c1cc(C(F)(F)F)cc(C(F)(F)F)c1)[C@H](C)NCc1cc(C(F)(F)F)ccc1-c1cc(C(C)C)c(F)cc1OC. The summed E-state index contributed by atoms with van der Waals surface area (Å²) in [7, 11) is -2.44. The number of carbonyl (C=O) groups excluding carboxylic acids is 1. The van der Waals surface area contributed by atoms with Crippen LogP contribution in [0.5, 0.6) is 17.2 Å². The normalized spacial score (nSPS) is 13.6. The van der Waals surface area contributed by atoms with E-state index in [-0.39, 0.29) is 57.9 Å². The molecule has 0 amide bonds. The van der Waals surface area contributed by atoms with Gasteiger partial charge in [0, 0.05) is 24.2 Å². The number of methoxy groups -OCH3 is 2. The lowest BCUT2D eigenvalue weighted by Crippen LogP contribution is -2.35. The van der Waals surface area contributed by atoms with E-state index < -0.39 is 85.9 Å². The molecule has 0 saturated carbocycles. The average molecular weight is 886 g/mol. The number of ether oxygens (including phenoxy) is 4. The van der Waals surface area contributed by atoms with Crippen molar-refractivity contribution in [2.45, 2.75) is 70.3 Å². The van der Waals surface area contributed by atoms with Crippen LogP contribution in [0.3, 0.4) is 0 Å². The largest absolute Gasteiger partial charge is 0.514 e. The quantitative estimate of drug-likeness (QED) is 0.0459. The zero-order valence-electron chi connectivity index (χ0n) is 32.2. The second-order valence-corrected chi connectivity index (χ2v) is 14.8. The fourth-order valence-electron chi connectivity index (χ4n) is 6.00. The highest BCUT2D eigenvalue weighted by molar-refractivity contribution is 7.46.